The molecule has 6 heteroatoms. The second kappa shape index (κ2) is 6.31. The molecule has 2 rings (SSSR count). The monoisotopic (exact) mass is 322 g/mol. The minimum absolute atomic E-state index is 0.0489. The SMILES string of the molecule is C/C(=C\Cc1cc(C(=O)O)cc2c1O[C@H](C(C)(C)O)[C@H]2O)CO. The molecule has 0 saturated heterocycles. The molecule has 0 bridgehead atoms. The molecule has 1 heterocycles. The van der Waals surface area contributed by atoms with Crippen LogP contribution < -0.4 is 4.74 Å². The van der Waals surface area contributed by atoms with Crippen LogP contribution in [0.4, 0.5) is 0 Å². The van der Waals surface area contributed by atoms with Crippen LogP contribution in [0, 0.1) is 0 Å². The Kier molecular flexibility index (Phi) is 4.79. The van der Waals surface area contributed by atoms with Gasteiger partial charge >= 0.3 is 5.97 Å². The van der Waals surface area contributed by atoms with Crippen LogP contribution >= 0.6 is 0 Å². The van der Waals surface area contributed by atoms with Gasteiger partial charge in [0, 0.05) is 5.56 Å². The average Bonchev–Trinajstić information content (AvgIpc) is 2.81. The fourth-order valence-corrected chi connectivity index (χ4v) is 2.59. The molecule has 2 atom stereocenters. The van der Waals surface area contributed by atoms with Gasteiger partial charge in [-0.05, 0) is 44.9 Å². The Bertz CT molecular complexity index is 641. The van der Waals surface area contributed by atoms with Crippen LogP contribution in [0.2, 0.25) is 0 Å². The second-order valence-corrected chi connectivity index (χ2v) is 6.41. The number of aromatic carboxylic acids is 1. The zero-order valence-corrected chi connectivity index (χ0v) is 13.4. The van der Waals surface area contributed by atoms with Crippen molar-refractivity contribution in [1.82, 2.24) is 0 Å². The quantitative estimate of drug-likeness (QED) is 0.611. The minimum Gasteiger partial charge on any atom is -0.484 e. The van der Waals surface area contributed by atoms with Gasteiger partial charge in [0.2, 0.25) is 0 Å². The van der Waals surface area contributed by atoms with E-state index in [1.807, 2.05) is 0 Å². The third-order valence-electron chi connectivity index (χ3n) is 3.91. The Labute approximate surface area is 134 Å². The molecular weight excluding hydrogens is 300 g/mol. The zero-order chi connectivity index (χ0) is 17.4. The van der Waals surface area contributed by atoms with Gasteiger partial charge in [-0.3, -0.25) is 0 Å². The number of benzene rings is 1. The van der Waals surface area contributed by atoms with Gasteiger partial charge in [-0.2, -0.15) is 0 Å². The molecule has 0 radical (unpaired) electrons. The maximum absolute atomic E-state index is 11.3. The van der Waals surface area contributed by atoms with Gasteiger partial charge in [0.15, 0.2) is 6.10 Å². The molecule has 23 heavy (non-hydrogen) atoms. The number of carboxylic acids is 1. The highest BCUT2D eigenvalue weighted by atomic mass is 16.5. The highest BCUT2D eigenvalue weighted by Crippen LogP contribution is 2.43. The Morgan fingerprint density at radius 2 is 2.04 bits per heavy atom. The molecule has 6 nitrogen and oxygen atoms in total. The topological polar surface area (TPSA) is 107 Å². The third kappa shape index (κ3) is 3.55. The summed E-state index contributed by atoms with van der Waals surface area (Å²) in [5.41, 5.74) is 0.473. The molecular formula is C17H22O6. The molecule has 4 N–H and O–H groups in total. The summed E-state index contributed by atoms with van der Waals surface area (Å²) in [6.07, 6.45) is 0.157. The van der Waals surface area contributed by atoms with E-state index < -0.39 is 23.8 Å². The third-order valence-corrected chi connectivity index (χ3v) is 3.91. The average molecular weight is 322 g/mol. The molecule has 0 saturated carbocycles. The number of carbonyl (C=O) groups is 1. The number of hydrogen-bond acceptors (Lipinski definition) is 5. The maximum atomic E-state index is 11.3. The van der Waals surface area contributed by atoms with E-state index in [4.69, 9.17) is 9.84 Å². The van der Waals surface area contributed by atoms with Crippen molar-refractivity contribution in [2.24, 2.45) is 0 Å². The Hall–Kier alpha value is -1.89. The number of carboxylic acid groups (broad SMARTS) is 1. The highest BCUT2D eigenvalue weighted by molar-refractivity contribution is 5.88. The van der Waals surface area contributed by atoms with Crippen molar-refractivity contribution in [2.75, 3.05) is 6.61 Å². The molecule has 0 amide bonds. The van der Waals surface area contributed by atoms with Crippen molar-refractivity contribution in [3.05, 3.63) is 40.5 Å². The van der Waals surface area contributed by atoms with E-state index in [0.29, 0.717) is 23.3 Å². The van der Waals surface area contributed by atoms with Gasteiger partial charge in [0.1, 0.15) is 11.9 Å². The lowest BCUT2D eigenvalue weighted by atomic mass is 9.92. The Morgan fingerprint density at radius 1 is 1.39 bits per heavy atom. The van der Waals surface area contributed by atoms with E-state index in [0.717, 1.165) is 5.57 Å². The highest BCUT2D eigenvalue weighted by Gasteiger charge is 2.43. The van der Waals surface area contributed by atoms with Gasteiger partial charge in [-0.15, -0.1) is 0 Å². The molecule has 126 valence electrons. The predicted octanol–water partition coefficient (Wildman–Crippen LogP) is 1.43. The largest absolute Gasteiger partial charge is 0.484 e. The molecule has 0 fully saturated rings. The molecule has 0 unspecified atom stereocenters. The molecule has 1 aromatic carbocycles. The summed E-state index contributed by atoms with van der Waals surface area (Å²) in [6, 6.07) is 2.86. The van der Waals surface area contributed by atoms with Crippen LogP contribution in [0.25, 0.3) is 0 Å². The first-order valence-corrected chi connectivity index (χ1v) is 7.39. The van der Waals surface area contributed by atoms with E-state index in [1.165, 1.54) is 26.0 Å². The van der Waals surface area contributed by atoms with E-state index in [1.54, 1.807) is 13.0 Å². The standard InChI is InChI=1S/C17H22O6/c1-9(8-18)4-5-10-6-11(16(20)21)7-12-13(19)15(17(2,3)22)23-14(10)12/h4,6-7,13,15,18-19,22H,5,8H2,1-3H3,(H,20,21)/b9-4+/t13-,15-/m0/s1. The van der Waals surface area contributed by atoms with Crippen LogP contribution in [0.3, 0.4) is 0 Å². The predicted molar refractivity (Wildman–Crippen MR) is 83.6 cm³/mol. The lowest BCUT2D eigenvalue weighted by Crippen LogP contribution is -2.41. The zero-order valence-electron chi connectivity index (χ0n) is 13.4. The summed E-state index contributed by atoms with van der Waals surface area (Å²) in [6.45, 7) is 4.73. The second-order valence-electron chi connectivity index (χ2n) is 6.41. The van der Waals surface area contributed by atoms with Crippen LogP contribution in [0.15, 0.2) is 23.8 Å². The van der Waals surface area contributed by atoms with Crippen LogP contribution in [-0.4, -0.2) is 44.7 Å². The number of fused-ring (bicyclic) bond motifs is 1. The summed E-state index contributed by atoms with van der Waals surface area (Å²) in [5.74, 6) is -0.701. The molecule has 1 aromatic rings. The molecule has 0 aromatic heterocycles. The first-order valence-electron chi connectivity index (χ1n) is 7.39. The van der Waals surface area contributed by atoms with E-state index in [9.17, 15) is 20.1 Å². The smallest absolute Gasteiger partial charge is 0.335 e. The van der Waals surface area contributed by atoms with Crippen LogP contribution in [-0.2, 0) is 6.42 Å². The lowest BCUT2D eigenvalue weighted by molar-refractivity contribution is -0.0764. The van der Waals surface area contributed by atoms with Gasteiger partial charge in [0.05, 0.1) is 17.8 Å². The Balaban J connectivity index is 2.49. The summed E-state index contributed by atoms with van der Waals surface area (Å²) >= 11 is 0. The number of hydrogen-bond donors (Lipinski definition) is 4. The van der Waals surface area contributed by atoms with E-state index in [-0.39, 0.29) is 12.2 Å². The Morgan fingerprint density at radius 3 is 2.57 bits per heavy atom. The van der Waals surface area contributed by atoms with Crippen molar-refractivity contribution in [3.63, 3.8) is 0 Å². The fraction of sp³-hybridized carbons (Fsp3) is 0.471. The maximum Gasteiger partial charge on any atom is 0.335 e. The molecule has 1 aliphatic heterocycles. The normalized spacial score (nSPS) is 21.0. The summed E-state index contributed by atoms with van der Waals surface area (Å²) in [7, 11) is 0. The fourth-order valence-electron chi connectivity index (χ4n) is 2.59. The van der Waals surface area contributed by atoms with E-state index in [2.05, 4.69) is 0 Å². The summed E-state index contributed by atoms with van der Waals surface area (Å²) < 4.78 is 5.73. The number of aliphatic hydroxyl groups is 3. The van der Waals surface area contributed by atoms with Gasteiger partial charge in [-0.25, -0.2) is 4.79 Å². The summed E-state index contributed by atoms with van der Waals surface area (Å²) in [4.78, 5) is 11.3. The first-order chi connectivity index (χ1) is 10.6. The first kappa shape index (κ1) is 17.5. The van der Waals surface area contributed by atoms with Crippen molar-refractivity contribution < 1.29 is 30.0 Å². The minimum atomic E-state index is -1.28. The number of ether oxygens (including phenoxy) is 1. The molecule has 1 aliphatic rings. The number of rotatable bonds is 5. The number of allylic oxidation sites excluding steroid dienone is 1. The van der Waals surface area contributed by atoms with Crippen molar-refractivity contribution in [2.45, 2.75) is 45.0 Å². The lowest BCUT2D eigenvalue weighted by Gasteiger charge is -2.27. The molecule has 0 spiro atoms. The van der Waals surface area contributed by atoms with Crippen molar-refractivity contribution in [3.8, 4) is 5.75 Å². The molecule has 0 aliphatic carbocycles. The number of aliphatic hydroxyl groups excluding tert-OH is 2. The van der Waals surface area contributed by atoms with Gasteiger partial charge in [0.25, 0.3) is 0 Å². The van der Waals surface area contributed by atoms with E-state index >= 15 is 0 Å². The summed E-state index contributed by atoms with van der Waals surface area (Å²) in [5, 5.41) is 38.9. The van der Waals surface area contributed by atoms with Gasteiger partial charge < -0.3 is 25.2 Å². The van der Waals surface area contributed by atoms with Crippen LogP contribution in [0.5, 0.6) is 5.75 Å². The van der Waals surface area contributed by atoms with Crippen molar-refractivity contribution >= 4 is 5.97 Å². The van der Waals surface area contributed by atoms with Gasteiger partial charge in [-0.1, -0.05) is 11.6 Å². The van der Waals surface area contributed by atoms with Crippen molar-refractivity contribution in [1.29, 1.82) is 0 Å². The van der Waals surface area contributed by atoms with Crippen LogP contribution in [0.1, 0.15) is 48.4 Å².